The van der Waals surface area contributed by atoms with Crippen molar-refractivity contribution in [2.45, 2.75) is 70.1 Å². The maximum Gasteiger partial charge on any atom is 0.230 e. The van der Waals surface area contributed by atoms with E-state index in [9.17, 15) is 14.7 Å². The number of nitrogens with one attached hydrogen (secondary N) is 1. The Kier molecular flexibility index (Phi) is 8.01. The van der Waals surface area contributed by atoms with E-state index in [2.05, 4.69) is 19.2 Å². The average molecular weight is 377 g/mol. The van der Waals surface area contributed by atoms with Crippen LogP contribution in [0.25, 0.3) is 0 Å². The van der Waals surface area contributed by atoms with Gasteiger partial charge in [0.2, 0.25) is 5.91 Å². The van der Waals surface area contributed by atoms with Gasteiger partial charge in [-0.25, -0.2) is 0 Å². The van der Waals surface area contributed by atoms with Crippen LogP contribution in [0.5, 0.6) is 0 Å². The molecular formula is C21H30NO3S-. The molecule has 0 aromatic heterocycles. The average Bonchev–Trinajstić information content (AvgIpc) is 2.66. The van der Waals surface area contributed by atoms with E-state index in [1.165, 1.54) is 18.2 Å². The Morgan fingerprint density at radius 1 is 1.15 bits per heavy atom. The number of carbonyl (C=O) groups is 2. The molecular weight excluding hydrogens is 346 g/mol. The summed E-state index contributed by atoms with van der Waals surface area (Å²) >= 11 is 1.19. The van der Waals surface area contributed by atoms with Crippen LogP contribution < -0.4 is 10.4 Å². The van der Waals surface area contributed by atoms with E-state index in [0.717, 1.165) is 49.8 Å². The zero-order valence-electron chi connectivity index (χ0n) is 15.9. The molecule has 1 N–H and O–H groups in total. The molecule has 0 atom stereocenters. The Labute approximate surface area is 161 Å². The van der Waals surface area contributed by atoms with Gasteiger partial charge in [0.05, 0.1) is 11.7 Å². The molecule has 2 rings (SSSR count). The highest BCUT2D eigenvalue weighted by Crippen LogP contribution is 2.44. The molecule has 0 bridgehead atoms. The second kappa shape index (κ2) is 10.0. The predicted octanol–water partition coefficient (Wildman–Crippen LogP) is 4.24. The maximum absolute atomic E-state index is 13.3. The topological polar surface area (TPSA) is 69.2 Å². The molecule has 1 amide bonds. The Morgan fingerprint density at radius 2 is 1.81 bits per heavy atom. The number of hydrogen-bond donors (Lipinski definition) is 1. The van der Waals surface area contributed by atoms with Gasteiger partial charge >= 0.3 is 0 Å². The van der Waals surface area contributed by atoms with Crippen molar-refractivity contribution in [3.63, 3.8) is 0 Å². The normalized spacial score (nSPS) is 16.4. The van der Waals surface area contributed by atoms with E-state index in [1.807, 2.05) is 24.3 Å². The molecule has 0 heterocycles. The number of rotatable bonds is 9. The number of para-hydroxylation sites is 1. The number of amides is 1. The fraction of sp³-hybridized carbons (Fsp3) is 0.619. The van der Waals surface area contributed by atoms with Crippen molar-refractivity contribution in [2.75, 3.05) is 11.1 Å². The Balaban J connectivity index is 2.18. The first-order valence-electron chi connectivity index (χ1n) is 9.74. The molecule has 1 fully saturated rings. The molecule has 1 aromatic carbocycles. The quantitative estimate of drug-likeness (QED) is 0.654. The lowest BCUT2D eigenvalue weighted by Crippen LogP contribution is -2.39. The first-order valence-corrected chi connectivity index (χ1v) is 10.7. The van der Waals surface area contributed by atoms with Crippen LogP contribution in [0.4, 0.5) is 5.69 Å². The van der Waals surface area contributed by atoms with Gasteiger partial charge in [-0.3, -0.25) is 4.79 Å². The predicted molar refractivity (Wildman–Crippen MR) is 105 cm³/mol. The van der Waals surface area contributed by atoms with Crippen molar-refractivity contribution in [2.24, 2.45) is 11.3 Å². The first kappa shape index (κ1) is 20.8. The van der Waals surface area contributed by atoms with Gasteiger partial charge in [-0.2, -0.15) is 0 Å². The zero-order valence-corrected chi connectivity index (χ0v) is 16.7. The van der Waals surface area contributed by atoms with Gasteiger partial charge in [-0.05, 0) is 37.3 Å². The molecule has 144 valence electrons. The summed E-state index contributed by atoms with van der Waals surface area (Å²) in [6.45, 7) is 4.41. The van der Waals surface area contributed by atoms with Gasteiger partial charge in [-0.15, -0.1) is 11.8 Å². The van der Waals surface area contributed by atoms with Crippen LogP contribution in [-0.2, 0) is 9.59 Å². The monoisotopic (exact) mass is 376 g/mol. The van der Waals surface area contributed by atoms with Gasteiger partial charge in [0.15, 0.2) is 0 Å². The third-order valence-electron chi connectivity index (χ3n) is 5.61. The van der Waals surface area contributed by atoms with Crippen molar-refractivity contribution < 1.29 is 14.7 Å². The van der Waals surface area contributed by atoms with Crippen molar-refractivity contribution >= 4 is 29.3 Å². The molecule has 0 radical (unpaired) electrons. The van der Waals surface area contributed by atoms with Crippen molar-refractivity contribution in [1.29, 1.82) is 0 Å². The van der Waals surface area contributed by atoms with Gasteiger partial charge in [-0.1, -0.05) is 58.1 Å². The molecule has 0 aliphatic heterocycles. The van der Waals surface area contributed by atoms with Crippen molar-refractivity contribution in [3.8, 4) is 0 Å². The number of anilines is 1. The van der Waals surface area contributed by atoms with Gasteiger partial charge in [0, 0.05) is 16.1 Å². The summed E-state index contributed by atoms with van der Waals surface area (Å²) in [7, 11) is 0. The SMILES string of the molecule is CCC(CC)CC1(C(=O)Nc2ccccc2SCC(=O)[O-])CCCCC1. The van der Waals surface area contributed by atoms with Gasteiger partial charge in [0.1, 0.15) is 0 Å². The van der Waals surface area contributed by atoms with E-state index in [-0.39, 0.29) is 17.1 Å². The Morgan fingerprint density at radius 3 is 2.42 bits per heavy atom. The minimum Gasteiger partial charge on any atom is -0.549 e. The second-order valence-corrected chi connectivity index (χ2v) is 8.36. The minimum atomic E-state index is -1.10. The molecule has 0 saturated heterocycles. The minimum absolute atomic E-state index is 0.102. The van der Waals surface area contributed by atoms with Crippen LogP contribution in [-0.4, -0.2) is 17.6 Å². The number of carbonyl (C=O) groups excluding carboxylic acids is 2. The van der Waals surface area contributed by atoms with Crippen LogP contribution in [0.3, 0.4) is 0 Å². The summed E-state index contributed by atoms with van der Waals surface area (Å²) in [5.41, 5.74) is 0.416. The van der Waals surface area contributed by atoms with Crippen LogP contribution in [0.15, 0.2) is 29.2 Å². The first-order chi connectivity index (χ1) is 12.5. The van der Waals surface area contributed by atoms with Crippen LogP contribution in [0.2, 0.25) is 0 Å². The highest BCUT2D eigenvalue weighted by Gasteiger charge is 2.40. The lowest BCUT2D eigenvalue weighted by atomic mass is 9.67. The molecule has 1 aliphatic rings. The molecule has 0 unspecified atom stereocenters. The van der Waals surface area contributed by atoms with E-state index in [0.29, 0.717) is 11.6 Å². The number of carboxylic acid groups (broad SMARTS) is 1. The second-order valence-electron chi connectivity index (χ2n) is 7.34. The Bertz CT molecular complexity index is 607. The van der Waals surface area contributed by atoms with E-state index < -0.39 is 5.97 Å². The number of benzene rings is 1. The number of thioether (sulfide) groups is 1. The fourth-order valence-electron chi connectivity index (χ4n) is 3.97. The summed E-state index contributed by atoms with van der Waals surface area (Å²) in [5.74, 6) is -0.549. The molecule has 0 spiro atoms. The molecule has 1 aliphatic carbocycles. The summed E-state index contributed by atoms with van der Waals surface area (Å²) < 4.78 is 0. The summed E-state index contributed by atoms with van der Waals surface area (Å²) in [6.07, 6.45) is 8.46. The molecule has 1 saturated carbocycles. The van der Waals surface area contributed by atoms with Gasteiger partial charge < -0.3 is 15.2 Å². The van der Waals surface area contributed by atoms with E-state index in [4.69, 9.17) is 0 Å². The maximum atomic E-state index is 13.3. The summed E-state index contributed by atoms with van der Waals surface area (Å²) in [5, 5.41) is 13.9. The molecule has 5 heteroatoms. The highest BCUT2D eigenvalue weighted by molar-refractivity contribution is 8.00. The van der Waals surface area contributed by atoms with Crippen molar-refractivity contribution in [3.05, 3.63) is 24.3 Å². The largest absolute Gasteiger partial charge is 0.549 e. The van der Waals surface area contributed by atoms with Crippen molar-refractivity contribution in [1.82, 2.24) is 0 Å². The third-order valence-corrected chi connectivity index (χ3v) is 6.65. The lowest BCUT2D eigenvalue weighted by molar-refractivity contribution is -0.301. The van der Waals surface area contributed by atoms with Crippen LogP contribution >= 0.6 is 11.8 Å². The summed E-state index contributed by atoms with van der Waals surface area (Å²) in [6, 6.07) is 7.42. The molecule has 4 nitrogen and oxygen atoms in total. The number of hydrogen-bond acceptors (Lipinski definition) is 4. The van der Waals surface area contributed by atoms with Gasteiger partial charge in [0.25, 0.3) is 0 Å². The highest BCUT2D eigenvalue weighted by atomic mass is 32.2. The molecule has 1 aromatic rings. The molecule has 26 heavy (non-hydrogen) atoms. The fourth-order valence-corrected chi connectivity index (χ4v) is 4.69. The number of carboxylic acids is 1. The van der Waals surface area contributed by atoms with Crippen LogP contribution in [0, 0.1) is 11.3 Å². The zero-order chi connectivity index (χ0) is 19.0. The summed E-state index contributed by atoms with van der Waals surface area (Å²) in [4.78, 5) is 24.8. The Hall–Kier alpha value is -1.49. The third kappa shape index (κ3) is 5.50. The standard InChI is InChI=1S/C21H31NO3S/c1-3-16(4-2)14-21(12-8-5-9-13-21)20(25)22-17-10-6-7-11-18(17)26-15-19(23)24/h6-7,10-11,16H,3-5,8-9,12-15H2,1-2H3,(H,22,25)(H,23,24)/p-1. The van der Waals surface area contributed by atoms with Crippen LogP contribution in [0.1, 0.15) is 65.2 Å². The number of aliphatic carboxylic acids is 1. The van der Waals surface area contributed by atoms with E-state index >= 15 is 0 Å². The lowest BCUT2D eigenvalue weighted by Gasteiger charge is -2.38. The van der Waals surface area contributed by atoms with E-state index in [1.54, 1.807) is 0 Å². The smallest absolute Gasteiger partial charge is 0.230 e.